The Morgan fingerprint density at radius 2 is 1.69 bits per heavy atom. The van der Waals surface area contributed by atoms with Crippen LogP contribution in [-0.4, -0.2) is 53.7 Å². The minimum absolute atomic E-state index is 0.225. The number of benzene rings is 2. The second-order valence-electron chi connectivity index (χ2n) is 10.5. The molecule has 0 fully saturated rings. The van der Waals surface area contributed by atoms with Crippen LogP contribution >= 0.6 is 0 Å². The first kappa shape index (κ1) is 25.8. The van der Waals surface area contributed by atoms with Crippen LogP contribution in [0, 0.1) is 6.92 Å². The summed E-state index contributed by atoms with van der Waals surface area (Å²) in [6.45, 7) is 7.26. The van der Waals surface area contributed by atoms with Crippen molar-refractivity contribution in [2.75, 3.05) is 6.54 Å². The van der Waals surface area contributed by atoms with E-state index in [0.717, 1.165) is 55.2 Å². The van der Waals surface area contributed by atoms with Crippen molar-refractivity contribution in [3.8, 4) is 22.4 Å². The van der Waals surface area contributed by atoms with Gasteiger partial charge in [-0.2, -0.15) is 0 Å². The molecule has 0 saturated heterocycles. The number of pyridine rings is 2. The standard InChI is InChI=1S/C30H30N6O3/c1-19-33-34-28-24-16-23(21-8-6-5-7-9-21)27(32-25(24)14-15-35(19)28)22-12-10-20(11-13-22)17-31-26(37)18-36(29(38)39)30(2,3)4/h5-16H,17-18H2,1-4H3,(H,31,37)(H,38,39). The maximum Gasteiger partial charge on any atom is 0.408 e. The SMILES string of the molecule is Cc1nnc2c3cc(-c4ccccc4)c(-c4ccc(CNC(=O)CN(C(=O)O)C(C)(C)C)cc4)nc3ccn12. The Kier molecular flexibility index (Phi) is 6.74. The van der Waals surface area contributed by atoms with E-state index < -0.39 is 11.6 Å². The van der Waals surface area contributed by atoms with E-state index in [2.05, 4.69) is 33.7 Å². The van der Waals surface area contributed by atoms with Crippen molar-refractivity contribution in [3.63, 3.8) is 0 Å². The van der Waals surface area contributed by atoms with Crippen LogP contribution in [0.4, 0.5) is 4.79 Å². The molecule has 0 radical (unpaired) electrons. The molecule has 2 N–H and O–H groups in total. The van der Waals surface area contributed by atoms with Crippen molar-refractivity contribution in [2.24, 2.45) is 0 Å². The average molecular weight is 523 g/mol. The molecule has 0 atom stereocenters. The largest absolute Gasteiger partial charge is 0.465 e. The number of carbonyl (C=O) groups is 2. The molecule has 5 aromatic rings. The van der Waals surface area contributed by atoms with Gasteiger partial charge in [0.25, 0.3) is 0 Å². The number of aromatic nitrogens is 4. The lowest BCUT2D eigenvalue weighted by Gasteiger charge is -2.32. The Morgan fingerprint density at radius 1 is 0.974 bits per heavy atom. The Bertz CT molecular complexity index is 1670. The Labute approximate surface area is 226 Å². The summed E-state index contributed by atoms with van der Waals surface area (Å²) in [6, 6.07) is 22.1. The van der Waals surface area contributed by atoms with Gasteiger partial charge in [0.1, 0.15) is 12.4 Å². The molecule has 0 saturated carbocycles. The molecule has 0 aliphatic heterocycles. The number of amides is 2. The number of fused-ring (bicyclic) bond motifs is 3. The van der Waals surface area contributed by atoms with Gasteiger partial charge in [0, 0.05) is 34.8 Å². The molecule has 0 aliphatic rings. The summed E-state index contributed by atoms with van der Waals surface area (Å²) in [5.74, 6) is 0.461. The van der Waals surface area contributed by atoms with Crippen molar-refractivity contribution in [1.29, 1.82) is 0 Å². The van der Waals surface area contributed by atoms with Gasteiger partial charge in [-0.15, -0.1) is 10.2 Å². The smallest absolute Gasteiger partial charge is 0.408 e. The summed E-state index contributed by atoms with van der Waals surface area (Å²) < 4.78 is 1.96. The Balaban J connectivity index is 1.44. The van der Waals surface area contributed by atoms with Gasteiger partial charge in [0.2, 0.25) is 5.91 Å². The van der Waals surface area contributed by atoms with Gasteiger partial charge >= 0.3 is 6.09 Å². The van der Waals surface area contributed by atoms with Crippen molar-refractivity contribution < 1.29 is 14.7 Å². The molecule has 0 aliphatic carbocycles. The van der Waals surface area contributed by atoms with Crippen molar-refractivity contribution in [3.05, 3.63) is 84.3 Å². The second kappa shape index (κ2) is 10.2. The van der Waals surface area contributed by atoms with Crippen molar-refractivity contribution in [1.82, 2.24) is 29.8 Å². The van der Waals surface area contributed by atoms with Crippen LogP contribution in [0.1, 0.15) is 32.2 Å². The zero-order chi connectivity index (χ0) is 27.7. The van der Waals surface area contributed by atoms with Gasteiger partial charge in [-0.1, -0.05) is 54.6 Å². The molecule has 0 unspecified atom stereocenters. The number of carboxylic acid groups (broad SMARTS) is 1. The van der Waals surface area contributed by atoms with E-state index in [4.69, 9.17) is 4.98 Å². The highest BCUT2D eigenvalue weighted by Gasteiger charge is 2.28. The first-order valence-corrected chi connectivity index (χ1v) is 12.7. The first-order chi connectivity index (χ1) is 18.6. The molecule has 5 rings (SSSR count). The molecule has 39 heavy (non-hydrogen) atoms. The molecule has 2 aromatic carbocycles. The van der Waals surface area contributed by atoms with Gasteiger partial charge in [-0.05, 0) is 51.0 Å². The third kappa shape index (κ3) is 5.29. The predicted octanol–water partition coefficient (Wildman–Crippen LogP) is 5.31. The first-order valence-electron chi connectivity index (χ1n) is 12.7. The van der Waals surface area contributed by atoms with Crippen LogP contribution in [0.3, 0.4) is 0 Å². The predicted molar refractivity (Wildman–Crippen MR) is 150 cm³/mol. The summed E-state index contributed by atoms with van der Waals surface area (Å²) in [4.78, 5) is 30.2. The van der Waals surface area contributed by atoms with Crippen LogP contribution < -0.4 is 5.32 Å². The van der Waals surface area contributed by atoms with Crippen LogP contribution in [0.15, 0.2) is 72.9 Å². The third-order valence-electron chi connectivity index (χ3n) is 6.68. The van der Waals surface area contributed by atoms with Crippen LogP contribution in [0.25, 0.3) is 38.9 Å². The maximum atomic E-state index is 12.4. The fourth-order valence-electron chi connectivity index (χ4n) is 4.54. The molecular weight excluding hydrogens is 492 g/mol. The van der Waals surface area contributed by atoms with Crippen LogP contribution in [-0.2, 0) is 11.3 Å². The quantitative estimate of drug-likeness (QED) is 0.312. The lowest BCUT2D eigenvalue weighted by molar-refractivity contribution is -0.123. The number of aryl methyl sites for hydroxylation is 1. The number of hydrogen-bond acceptors (Lipinski definition) is 5. The van der Waals surface area contributed by atoms with Gasteiger partial charge in [0.15, 0.2) is 5.65 Å². The molecule has 3 aromatic heterocycles. The third-order valence-corrected chi connectivity index (χ3v) is 6.68. The molecule has 9 nitrogen and oxygen atoms in total. The monoisotopic (exact) mass is 522 g/mol. The minimum atomic E-state index is -1.13. The lowest BCUT2D eigenvalue weighted by Crippen LogP contribution is -2.49. The molecule has 0 bridgehead atoms. The van der Waals surface area contributed by atoms with E-state index in [1.54, 1.807) is 20.8 Å². The zero-order valence-electron chi connectivity index (χ0n) is 22.3. The number of hydrogen-bond donors (Lipinski definition) is 2. The van der Waals surface area contributed by atoms with Gasteiger partial charge in [-0.25, -0.2) is 9.78 Å². The van der Waals surface area contributed by atoms with Crippen molar-refractivity contribution in [2.45, 2.75) is 39.8 Å². The summed E-state index contributed by atoms with van der Waals surface area (Å²) in [7, 11) is 0. The fourth-order valence-corrected chi connectivity index (χ4v) is 4.54. The van der Waals surface area contributed by atoms with Crippen LogP contribution in [0.2, 0.25) is 0 Å². The van der Waals surface area contributed by atoms with E-state index >= 15 is 0 Å². The number of nitrogens with zero attached hydrogens (tertiary/aromatic N) is 5. The molecule has 9 heteroatoms. The molecule has 2 amide bonds. The highest BCUT2D eigenvalue weighted by atomic mass is 16.4. The van der Waals surface area contributed by atoms with E-state index in [-0.39, 0.29) is 19.0 Å². The van der Waals surface area contributed by atoms with E-state index in [0.29, 0.717) is 0 Å². The Morgan fingerprint density at radius 3 is 2.36 bits per heavy atom. The van der Waals surface area contributed by atoms with E-state index in [1.165, 1.54) is 0 Å². The fraction of sp³-hybridized carbons (Fsp3) is 0.233. The zero-order valence-corrected chi connectivity index (χ0v) is 22.3. The summed E-state index contributed by atoms with van der Waals surface area (Å²) in [5.41, 5.74) is 5.61. The molecule has 0 spiro atoms. The van der Waals surface area contributed by atoms with Gasteiger partial charge < -0.3 is 10.4 Å². The second-order valence-corrected chi connectivity index (χ2v) is 10.5. The van der Waals surface area contributed by atoms with Gasteiger partial charge in [-0.3, -0.25) is 14.1 Å². The molecule has 198 valence electrons. The molecule has 3 heterocycles. The topological polar surface area (TPSA) is 113 Å². The normalized spacial score (nSPS) is 11.6. The van der Waals surface area contributed by atoms with Crippen molar-refractivity contribution >= 4 is 28.6 Å². The number of carbonyl (C=O) groups excluding carboxylic acids is 1. The molecular formula is C30H30N6O3. The summed E-state index contributed by atoms with van der Waals surface area (Å²) >= 11 is 0. The van der Waals surface area contributed by atoms with E-state index in [9.17, 15) is 14.7 Å². The minimum Gasteiger partial charge on any atom is -0.465 e. The summed E-state index contributed by atoms with van der Waals surface area (Å²) in [5, 5.41) is 21.8. The summed E-state index contributed by atoms with van der Waals surface area (Å²) in [6.07, 6.45) is 0.807. The van der Waals surface area contributed by atoms with Gasteiger partial charge in [0.05, 0.1) is 11.2 Å². The number of nitrogens with one attached hydrogen (secondary N) is 1. The highest BCUT2D eigenvalue weighted by Crippen LogP contribution is 2.34. The maximum absolute atomic E-state index is 12.4. The number of rotatable bonds is 6. The Hall–Kier alpha value is -4.79. The van der Waals surface area contributed by atoms with E-state index in [1.807, 2.05) is 66.1 Å². The lowest BCUT2D eigenvalue weighted by atomic mass is 9.97. The highest BCUT2D eigenvalue weighted by molar-refractivity contribution is 5.98. The average Bonchev–Trinajstić information content (AvgIpc) is 3.30. The van der Waals surface area contributed by atoms with Crippen LogP contribution in [0.5, 0.6) is 0 Å².